The number of benzene rings is 2. The summed E-state index contributed by atoms with van der Waals surface area (Å²) in [5, 5.41) is 28.0. The van der Waals surface area contributed by atoms with Gasteiger partial charge in [0.25, 0.3) is 0 Å². The van der Waals surface area contributed by atoms with E-state index in [-0.39, 0.29) is 29.9 Å². The largest absolute Gasteiger partial charge is 0.505 e. The summed E-state index contributed by atoms with van der Waals surface area (Å²) in [6.45, 7) is 0. The Morgan fingerprint density at radius 2 is 1.81 bits per heavy atom. The number of primary amides is 1. The quantitative estimate of drug-likeness (QED) is 0.247. The van der Waals surface area contributed by atoms with E-state index < -0.39 is 70.1 Å². The summed E-state index contributed by atoms with van der Waals surface area (Å²) in [5.41, 5.74) is 4.33. The maximum atomic E-state index is 13.9. The lowest BCUT2D eigenvalue weighted by Gasteiger charge is -2.52. The lowest BCUT2D eigenvalue weighted by molar-refractivity contribution is -0.181. The zero-order valence-electron chi connectivity index (χ0n) is 23.0. The molecule has 222 valence electrons. The molecule has 1 amide bonds. The van der Waals surface area contributed by atoms with Gasteiger partial charge < -0.3 is 21.3 Å². The Morgan fingerprint density at radius 1 is 1.12 bits per heavy atom. The number of nitrogens with zero attached hydrogens (tertiary/aromatic N) is 2. The van der Waals surface area contributed by atoms with Gasteiger partial charge in [-0.05, 0) is 68.8 Å². The lowest BCUT2D eigenvalue weighted by Crippen LogP contribution is -2.74. The SMILES string of the molecule is CN(C)[C@@H]1C(=O)C(C(N)=O)C(=O)[C@@]2(O)C(=O)C3C(=O)c4c(ccc(Nc5nc(-c6ccc(F)cc6)cs5)c4O)C[C@H]3C[C@@H]12. The van der Waals surface area contributed by atoms with Crippen LogP contribution in [0.4, 0.5) is 15.2 Å². The van der Waals surface area contributed by atoms with Gasteiger partial charge in [-0.15, -0.1) is 11.3 Å². The number of halogens is 1. The number of ketones is 4. The van der Waals surface area contributed by atoms with Crippen LogP contribution in [0.15, 0.2) is 41.8 Å². The number of fused-ring (bicyclic) bond motifs is 3. The van der Waals surface area contributed by atoms with E-state index in [2.05, 4.69) is 10.3 Å². The van der Waals surface area contributed by atoms with E-state index in [0.717, 1.165) is 0 Å². The molecule has 0 bridgehead atoms. The van der Waals surface area contributed by atoms with Crippen molar-refractivity contribution in [3.63, 3.8) is 0 Å². The monoisotopic (exact) mass is 606 g/mol. The first-order chi connectivity index (χ1) is 20.3. The van der Waals surface area contributed by atoms with Crippen molar-refractivity contribution in [3.8, 4) is 17.0 Å². The molecule has 1 heterocycles. The van der Waals surface area contributed by atoms with Crippen LogP contribution in [0.1, 0.15) is 22.3 Å². The first kappa shape index (κ1) is 28.8. The molecule has 2 aromatic carbocycles. The Hall–Kier alpha value is -4.33. The van der Waals surface area contributed by atoms with Crippen LogP contribution in [0, 0.1) is 29.5 Å². The van der Waals surface area contributed by atoms with Gasteiger partial charge in [-0.2, -0.15) is 0 Å². The highest BCUT2D eigenvalue weighted by molar-refractivity contribution is 7.14. The molecule has 3 aromatic rings. The number of anilines is 2. The van der Waals surface area contributed by atoms with Crippen LogP contribution in [-0.2, 0) is 25.6 Å². The van der Waals surface area contributed by atoms with E-state index in [1.54, 1.807) is 29.6 Å². The smallest absolute Gasteiger partial charge is 0.235 e. The molecule has 6 rings (SSSR count). The van der Waals surface area contributed by atoms with Gasteiger partial charge in [0.15, 0.2) is 39.8 Å². The number of hydrogen-bond acceptors (Lipinski definition) is 11. The van der Waals surface area contributed by atoms with Gasteiger partial charge in [0, 0.05) is 16.9 Å². The summed E-state index contributed by atoms with van der Waals surface area (Å²) >= 11 is 1.22. The Labute approximate surface area is 248 Å². The molecule has 13 heteroatoms. The first-order valence-corrected chi connectivity index (χ1v) is 14.4. The zero-order valence-corrected chi connectivity index (χ0v) is 23.9. The fraction of sp³-hybridized carbons (Fsp3) is 0.333. The molecule has 1 aromatic heterocycles. The topological polar surface area (TPSA) is 180 Å². The van der Waals surface area contributed by atoms with Crippen molar-refractivity contribution in [3.05, 3.63) is 58.7 Å². The molecule has 11 nitrogen and oxygen atoms in total. The second-order valence-electron chi connectivity index (χ2n) is 11.5. The third kappa shape index (κ3) is 4.29. The number of nitrogens with one attached hydrogen (secondary N) is 1. The summed E-state index contributed by atoms with van der Waals surface area (Å²) in [7, 11) is 3.07. The molecule has 0 saturated heterocycles. The number of phenols is 1. The Balaban J connectivity index is 1.34. The summed E-state index contributed by atoms with van der Waals surface area (Å²) in [5.74, 6) is -11.4. The second-order valence-corrected chi connectivity index (χ2v) is 12.3. The summed E-state index contributed by atoms with van der Waals surface area (Å²) in [6.07, 6.45) is 0.154. The molecule has 2 unspecified atom stereocenters. The summed E-state index contributed by atoms with van der Waals surface area (Å²) in [4.78, 5) is 72.4. The first-order valence-electron chi connectivity index (χ1n) is 13.5. The molecule has 0 radical (unpaired) electrons. The van der Waals surface area contributed by atoms with Gasteiger partial charge >= 0.3 is 0 Å². The highest BCUT2D eigenvalue weighted by Gasteiger charge is 2.69. The van der Waals surface area contributed by atoms with Gasteiger partial charge in [0.05, 0.1) is 28.9 Å². The number of aromatic hydroxyl groups is 1. The van der Waals surface area contributed by atoms with Gasteiger partial charge in [-0.3, -0.25) is 28.9 Å². The standard InChI is InChI=1S/C30H27FN4O7S/c1-35(2)22-16-10-14-9-13-5-8-17(33-29-34-18(11-43-29)12-3-6-15(31)7-4-12)23(36)19(13)24(37)20(14)26(39)30(16,42)27(40)21(25(22)38)28(32)41/h3-8,11,14,16,20-22,36,42H,9-10H2,1-2H3,(H2,32,41)(H,33,34)/t14-,16-,20?,21?,22-,30-/m0/s1. The van der Waals surface area contributed by atoms with Crippen LogP contribution in [0.2, 0.25) is 0 Å². The van der Waals surface area contributed by atoms with Gasteiger partial charge in [0.1, 0.15) is 11.6 Å². The molecule has 0 spiro atoms. The average Bonchev–Trinajstić information content (AvgIpc) is 3.41. The third-order valence-corrected chi connectivity index (χ3v) is 9.58. The van der Waals surface area contributed by atoms with Crippen molar-refractivity contribution >= 4 is 51.2 Å². The Kier molecular flexibility index (Phi) is 6.79. The predicted octanol–water partition coefficient (Wildman–Crippen LogP) is 1.87. The number of rotatable bonds is 5. The highest BCUT2D eigenvalue weighted by Crippen LogP contribution is 2.51. The lowest BCUT2D eigenvalue weighted by atomic mass is 9.52. The number of amides is 1. The number of likely N-dealkylation sites (N-methyl/N-ethyl adjacent to an activating group) is 1. The van der Waals surface area contributed by atoms with Crippen LogP contribution in [0.5, 0.6) is 5.75 Å². The van der Waals surface area contributed by atoms with E-state index in [9.17, 15) is 38.6 Å². The molecule has 2 saturated carbocycles. The summed E-state index contributed by atoms with van der Waals surface area (Å²) in [6, 6.07) is 7.87. The number of carbonyl (C=O) groups excluding carboxylic acids is 5. The predicted molar refractivity (Wildman–Crippen MR) is 152 cm³/mol. The van der Waals surface area contributed by atoms with Crippen molar-refractivity contribution in [1.82, 2.24) is 9.88 Å². The molecule has 6 atom stereocenters. The molecule has 2 fully saturated rings. The van der Waals surface area contributed by atoms with Crippen LogP contribution in [0.25, 0.3) is 11.3 Å². The van der Waals surface area contributed by atoms with Crippen LogP contribution < -0.4 is 11.1 Å². The van der Waals surface area contributed by atoms with Crippen molar-refractivity contribution in [2.24, 2.45) is 29.4 Å². The van der Waals surface area contributed by atoms with Crippen LogP contribution >= 0.6 is 11.3 Å². The minimum absolute atomic E-state index is 0.0179. The molecular formula is C30H27FN4O7S. The molecular weight excluding hydrogens is 579 g/mol. The van der Waals surface area contributed by atoms with Crippen molar-refractivity contribution in [2.75, 3.05) is 19.4 Å². The second kappa shape index (κ2) is 10.1. The van der Waals surface area contributed by atoms with Crippen LogP contribution in [-0.4, -0.2) is 74.9 Å². The Morgan fingerprint density at radius 3 is 2.47 bits per heavy atom. The number of hydrogen-bond donors (Lipinski definition) is 4. The van der Waals surface area contributed by atoms with Crippen molar-refractivity contribution in [1.29, 1.82) is 0 Å². The van der Waals surface area contributed by atoms with Crippen molar-refractivity contribution in [2.45, 2.75) is 24.5 Å². The number of aliphatic hydroxyl groups is 1. The molecule has 0 aliphatic heterocycles. The fourth-order valence-electron chi connectivity index (χ4n) is 6.88. The minimum atomic E-state index is -2.78. The molecule has 43 heavy (non-hydrogen) atoms. The Bertz CT molecular complexity index is 1720. The number of phenolic OH excluding ortho intramolecular Hbond substituents is 1. The molecule has 3 aliphatic rings. The van der Waals surface area contributed by atoms with E-state index in [1.165, 1.54) is 42.5 Å². The molecule has 3 aliphatic carbocycles. The number of carbonyl (C=O) groups is 5. The normalized spacial score (nSPS) is 28.3. The van der Waals surface area contributed by atoms with Gasteiger partial charge in [-0.25, -0.2) is 9.37 Å². The number of thiazole rings is 1. The third-order valence-electron chi connectivity index (χ3n) is 8.82. The fourth-order valence-corrected chi connectivity index (χ4v) is 7.61. The van der Waals surface area contributed by atoms with Crippen LogP contribution in [0.3, 0.4) is 0 Å². The number of Topliss-reactive ketones (excluding diaryl/α,β-unsaturated/α-hetero) is 4. The van der Waals surface area contributed by atoms with E-state index in [0.29, 0.717) is 22.0 Å². The summed E-state index contributed by atoms with van der Waals surface area (Å²) < 4.78 is 13.3. The average molecular weight is 607 g/mol. The minimum Gasteiger partial charge on any atom is -0.505 e. The molecule has 5 N–H and O–H groups in total. The van der Waals surface area contributed by atoms with Crippen molar-refractivity contribution < 1.29 is 38.6 Å². The van der Waals surface area contributed by atoms with E-state index >= 15 is 0 Å². The highest BCUT2D eigenvalue weighted by atomic mass is 32.1. The maximum absolute atomic E-state index is 13.9. The number of aromatic nitrogens is 1. The van der Waals surface area contributed by atoms with E-state index in [1.807, 2.05) is 0 Å². The number of nitrogens with two attached hydrogens (primary N) is 1. The maximum Gasteiger partial charge on any atom is 0.235 e. The van der Waals surface area contributed by atoms with Gasteiger partial charge in [-0.1, -0.05) is 6.07 Å². The van der Waals surface area contributed by atoms with Gasteiger partial charge in [0.2, 0.25) is 5.91 Å². The van der Waals surface area contributed by atoms with E-state index in [4.69, 9.17) is 5.73 Å². The zero-order chi connectivity index (χ0) is 31.0.